The van der Waals surface area contributed by atoms with E-state index >= 15 is 0 Å². The second kappa shape index (κ2) is 7.32. The number of halogens is 1. The quantitative estimate of drug-likeness (QED) is 0.812. The highest BCUT2D eigenvalue weighted by Gasteiger charge is 2.02. The maximum Gasteiger partial charge on any atom is 0.122 e. The van der Waals surface area contributed by atoms with Gasteiger partial charge < -0.3 is 10.1 Å². The lowest BCUT2D eigenvalue weighted by Crippen LogP contribution is -2.17. The Bertz CT molecular complexity index is 569. The van der Waals surface area contributed by atoms with Gasteiger partial charge in [-0.15, -0.1) is 0 Å². The third-order valence-corrected chi connectivity index (χ3v) is 3.64. The molecule has 0 aliphatic heterocycles. The summed E-state index contributed by atoms with van der Waals surface area (Å²) >= 11 is 6.21. The van der Waals surface area contributed by atoms with Crippen molar-refractivity contribution < 1.29 is 4.74 Å². The lowest BCUT2D eigenvalue weighted by Gasteiger charge is -2.10. The van der Waals surface area contributed by atoms with Crippen LogP contribution in [0.5, 0.6) is 5.75 Å². The molecule has 20 heavy (non-hydrogen) atoms. The van der Waals surface area contributed by atoms with Gasteiger partial charge >= 0.3 is 0 Å². The molecule has 0 atom stereocenters. The van der Waals surface area contributed by atoms with Crippen molar-refractivity contribution in [3.05, 3.63) is 64.2 Å². The van der Waals surface area contributed by atoms with E-state index in [0.29, 0.717) is 0 Å². The third-order valence-electron chi connectivity index (χ3n) is 3.29. The number of rotatable bonds is 6. The highest BCUT2D eigenvalue weighted by atomic mass is 35.5. The van der Waals surface area contributed by atoms with Crippen molar-refractivity contribution in [1.82, 2.24) is 5.32 Å². The minimum Gasteiger partial charge on any atom is -0.496 e. The second-order valence-electron chi connectivity index (χ2n) is 4.83. The van der Waals surface area contributed by atoms with E-state index in [1.165, 1.54) is 11.1 Å². The number of aryl methyl sites for hydroxylation is 1. The maximum atomic E-state index is 6.21. The van der Waals surface area contributed by atoms with Gasteiger partial charge in [0.2, 0.25) is 0 Å². The molecule has 0 saturated heterocycles. The molecule has 0 unspecified atom stereocenters. The first kappa shape index (κ1) is 14.9. The second-order valence-corrected chi connectivity index (χ2v) is 5.24. The van der Waals surface area contributed by atoms with Gasteiger partial charge in [0.05, 0.1) is 7.11 Å². The highest BCUT2D eigenvalue weighted by molar-refractivity contribution is 6.31. The Kier molecular flexibility index (Phi) is 5.45. The number of hydrogen-bond acceptors (Lipinski definition) is 2. The van der Waals surface area contributed by atoms with Gasteiger partial charge in [-0.25, -0.2) is 0 Å². The third kappa shape index (κ3) is 3.99. The zero-order chi connectivity index (χ0) is 14.4. The van der Waals surface area contributed by atoms with Crippen LogP contribution in [0, 0.1) is 6.92 Å². The Morgan fingerprint density at radius 2 is 1.90 bits per heavy atom. The Labute approximate surface area is 125 Å². The molecule has 0 aliphatic carbocycles. The normalized spacial score (nSPS) is 10.6. The van der Waals surface area contributed by atoms with E-state index in [0.717, 1.165) is 35.8 Å². The van der Waals surface area contributed by atoms with Crippen LogP contribution in [0.3, 0.4) is 0 Å². The summed E-state index contributed by atoms with van der Waals surface area (Å²) in [6, 6.07) is 14.3. The number of nitrogens with one attached hydrogen (secondary N) is 1. The summed E-state index contributed by atoms with van der Waals surface area (Å²) in [7, 11) is 1.71. The van der Waals surface area contributed by atoms with Crippen LogP contribution in [0.4, 0.5) is 0 Å². The van der Waals surface area contributed by atoms with E-state index in [1.54, 1.807) is 7.11 Å². The summed E-state index contributed by atoms with van der Waals surface area (Å²) in [6.07, 6.45) is 0.938. The molecular formula is C17H20ClNO. The molecule has 0 aromatic heterocycles. The molecular weight excluding hydrogens is 270 g/mol. The Morgan fingerprint density at radius 1 is 1.10 bits per heavy atom. The van der Waals surface area contributed by atoms with E-state index in [9.17, 15) is 0 Å². The van der Waals surface area contributed by atoms with Gasteiger partial charge in [-0.3, -0.25) is 0 Å². The lowest BCUT2D eigenvalue weighted by molar-refractivity contribution is 0.409. The van der Waals surface area contributed by atoms with Crippen LogP contribution < -0.4 is 10.1 Å². The largest absolute Gasteiger partial charge is 0.496 e. The first-order valence-corrected chi connectivity index (χ1v) is 7.16. The van der Waals surface area contributed by atoms with Gasteiger partial charge in [0.25, 0.3) is 0 Å². The Balaban J connectivity index is 1.84. The van der Waals surface area contributed by atoms with E-state index in [1.807, 2.05) is 31.2 Å². The minimum absolute atomic E-state index is 0.786. The fourth-order valence-corrected chi connectivity index (χ4v) is 2.45. The molecule has 0 bridgehead atoms. The van der Waals surface area contributed by atoms with Gasteiger partial charge in [-0.2, -0.15) is 0 Å². The predicted octanol–water partition coefficient (Wildman–Crippen LogP) is 3.99. The number of para-hydroxylation sites is 1. The molecule has 0 heterocycles. The van der Waals surface area contributed by atoms with Crippen LogP contribution >= 0.6 is 11.6 Å². The summed E-state index contributed by atoms with van der Waals surface area (Å²) < 4.78 is 5.34. The van der Waals surface area contributed by atoms with Crippen LogP contribution in [0.1, 0.15) is 16.7 Å². The summed E-state index contributed by atoms with van der Waals surface area (Å²) in [6.45, 7) is 3.73. The van der Waals surface area contributed by atoms with E-state index < -0.39 is 0 Å². The van der Waals surface area contributed by atoms with E-state index in [-0.39, 0.29) is 0 Å². The van der Waals surface area contributed by atoms with Crippen molar-refractivity contribution in [3.8, 4) is 5.75 Å². The predicted molar refractivity (Wildman–Crippen MR) is 84.6 cm³/mol. The summed E-state index contributed by atoms with van der Waals surface area (Å²) in [5.74, 6) is 0.947. The van der Waals surface area contributed by atoms with Crippen LogP contribution in [-0.4, -0.2) is 13.7 Å². The molecule has 0 fully saturated rings. The van der Waals surface area contributed by atoms with E-state index in [2.05, 4.69) is 23.5 Å². The molecule has 0 aliphatic rings. The number of ether oxygens (including phenoxy) is 1. The van der Waals surface area contributed by atoms with Crippen LogP contribution in [0.15, 0.2) is 42.5 Å². The fourth-order valence-electron chi connectivity index (χ4n) is 2.15. The van der Waals surface area contributed by atoms with Crippen LogP contribution in [-0.2, 0) is 13.0 Å². The van der Waals surface area contributed by atoms with E-state index in [4.69, 9.17) is 16.3 Å². The smallest absolute Gasteiger partial charge is 0.122 e. The summed E-state index contributed by atoms with van der Waals surface area (Å²) in [5, 5.41) is 4.25. The zero-order valence-electron chi connectivity index (χ0n) is 11.9. The van der Waals surface area contributed by atoms with Crippen LogP contribution in [0.2, 0.25) is 5.02 Å². The van der Waals surface area contributed by atoms with Crippen molar-refractivity contribution in [2.24, 2.45) is 0 Å². The van der Waals surface area contributed by atoms with Crippen molar-refractivity contribution >= 4 is 11.6 Å². The molecule has 0 amide bonds. The van der Waals surface area contributed by atoms with Crippen molar-refractivity contribution in [2.75, 3.05) is 13.7 Å². The average molecular weight is 290 g/mol. The van der Waals surface area contributed by atoms with Gasteiger partial charge in [0, 0.05) is 11.6 Å². The fraction of sp³-hybridized carbons (Fsp3) is 0.294. The molecule has 0 radical (unpaired) electrons. The average Bonchev–Trinajstić information content (AvgIpc) is 2.46. The monoisotopic (exact) mass is 289 g/mol. The minimum atomic E-state index is 0.786. The highest BCUT2D eigenvalue weighted by Crippen LogP contribution is 2.18. The first-order valence-electron chi connectivity index (χ1n) is 6.78. The molecule has 1 N–H and O–H groups in total. The molecule has 2 rings (SSSR count). The van der Waals surface area contributed by atoms with Gasteiger partial charge in [0.15, 0.2) is 0 Å². The number of hydrogen-bond donors (Lipinski definition) is 1. The maximum absolute atomic E-state index is 6.21. The molecule has 3 heteroatoms. The van der Waals surface area contributed by atoms with Gasteiger partial charge in [-0.05, 0) is 48.7 Å². The molecule has 2 aromatic rings. The number of benzene rings is 2. The molecule has 2 nitrogen and oxygen atoms in total. The molecule has 2 aromatic carbocycles. The molecule has 0 spiro atoms. The topological polar surface area (TPSA) is 21.3 Å². The lowest BCUT2D eigenvalue weighted by atomic mass is 10.1. The SMILES string of the molecule is COc1ccccc1CCNCc1ccc(C)cc1Cl. The van der Waals surface area contributed by atoms with Crippen LogP contribution in [0.25, 0.3) is 0 Å². The summed E-state index contributed by atoms with van der Waals surface area (Å²) in [4.78, 5) is 0. The number of methoxy groups -OCH3 is 1. The molecule has 106 valence electrons. The first-order chi connectivity index (χ1) is 9.70. The standard InChI is InChI=1S/C17H20ClNO/c1-13-7-8-15(16(18)11-13)12-19-10-9-14-5-3-4-6-17(14)20-2/h3-8,11,19H,9-10,12H2,1-2H3. The van der Waals surface area contributed by atoms with Crippen molar-refractivity contribution in [1.29, 1.82) is 0 Å². The zero-order valence-corrected chi connectivity index (χ0v) is 12.7. The van der Waals surface area contributed by atoms with Gasteiger partial charge in [0.1, 0.15) is 5.75 Å². The molecule has 0 saturated carbocycles. The Hall–Kier alpha value is -1.51. The van der Waals surface area contributed by atoms with Crippen molar-refractivity contribution in [3.63, 3.8) is 0 Å². The Morgan fingerprint density at radius 3 is 2.65 bits per heavy atom. The van der Waals surface area contributed by atoms with Crippen molar-refractivity contribution in [2.45, 2.75) is 19.9 Å². The summed E-state index contributed by atoms with van der Waals surface area (Å²) in [5.41, 5.74) is 3.54. The van der Waals surface area contributed by atoms with Gasteiger partial charge in [-0.1, -0.05) is 41.9 Å².